The van der Waals surface area contributed by atoms with Crippen molar-refractivity contribution >= 4 is 51.1 Å². The van der Waals surface area contributed by atoms with Crippen LogP contribution in [0.15, 0.2) is 70.4 Å². The van der Waals surface area contributed by atoms with E-state index in [0.717, 1.165) is 5.56 Å². The van der Waals surface area contributed by atoms with Crippen LogP contribution in [0.5, 0.6) is 0 Å². The molecule has 3 aromatic rings. The monoisotopic (exact) mass is 476 g/mol. The maximum absolute atomic E-state index is 12.4. The summed E-state index contributed by atoms with van der Waals surface area (Å²) in [5.41, 5.74) is 6.32. The van der Waals surface area contributed by atoms with E-state index in [0.29, 0.717) is 26.0 Å². The summed E-state index contributed by atoms with van der Waals surface area (Å²) >= 11 is 10.5. The SMILES string of the molecule is O=C(NNC(=O)c1nc(SCc2ccccc2)ncc1Br)c1ccc(Cl)cc1. The average Bonchev–Trinajstić information content (AvgIpc) is 2.72. The second-order valence-corrected chi connectivity index (χ2v) is 7.77. The predicted octanol–water partition coefficient (Wildman–Crippen LogP) is 4.26. The van der Waals surface area contributed by atoms with Crippen molar-refractivity contribution in [2.45, 2.75) is 10.9 Å². The van der Waals surface area contributed by atoms with Crippen LogP contribution in [0.4, 0.5) is 0 Å². The lowest BCUT2D eigenvalue weighted by atomic mass is 10.2. The molecule has 142 valence electrons. The zero-order chi connectivity index (χ0) is 19.9. The van der Waals surface area contributed by atoms with Gasteiger partial charge in [-0.15, -0.1) is 0 Å². The standard InChI is InChI=1S/C19H14BrClN4O2S/c20-15-10-22-19(28-11-12-4-2-1-3-5-12)23-16(15)18(27)25-24-17(26)13-6-8-14(21)9-7-13/h1-10H,11H2,(H,24,26)(H,25,27). The highest BCUT2D eigenvalue weighted by atomic mass is 79.9. The first-order valence-corrected chi connectivity index (χ1v) is 10.2. The van der Waals surface area contributed by atoms with Crippen molar-refractivity contribution in [1.82, 2.24) is 20.8 Å². The lowest BCUT2D eigenvalue weighted by molar-refractivity contribution is 0.0843. The zero-order valence-corrected chi connectivity index (χ0v) is 17.5. The molecule has 2 amide bonds. The minimum Gasteiger partial charge on any atom is -0.267 e. The number of halogens is 2. The molecule has 0 fully saturated rings. The summed E-state index contributed by atoms with van der Waals surface area (Å²) < 4.78 is 0.426. The first-order chi connectivity index (χ1) is 13.5. The average molecular weight is 478 g/mol. The van der Waals surface area contributed by atoms with E-state index in [9.17, 15) is 9.59 Å². The Morgan fingerprint density at radius 1 is 1.00 bits per heavy atom. The van der Waals surface area contributed by atoms with Crippen LogP contribution in [0.3, 0.4) is 0 Å². The van der Waals surface area contributed by atoms with Crippen LogP contribution in [-0.4, -0.2) is 21.8 Å². The summed E-state index contributed by atoms with van der Waals surface area (Å²) in [6.45, 7) is 0. The Labute approximate surface area is 179 Å². The number of carbonyl (C=O) groups is 2. The molecule has 0 aliphatic rings. The second-order valence-electron chi connectivity index (χ2n) is 5.54. The fraction of sp³-hybridized carbons (Fsp3) is 0.0526. The fourth-order valence-electron chi connectivity index (χ4n) is 2.15. The van der Waals surface area contributed by atoms with Crippen molar-refractivity contribution in [3.05, 3.63) is 87.1 Å². The first-order valence-electron chi connectivity index (χ1n) is 8.08. The van der Waals surface area contributed by atoms with E-state index in [2.05, 4.69) is 36.7 Å². The van der Waals surface area contributed by atoms with Gasteiger partial charge in [0.1, 0.15) is 5.69 Å². The number of amides is 2. The number of rotatable bonds is 5. The molecule has 0 saturated carbocycles. The molecule has 0 atom stereocenters. The van der Waals surface area contributed by atoms with Gasteiger partial charge in [0.05, 0.1) is 4.47 Å². The van der Waals surface area contributed by atoms with Crippen molar-refractivity contribution in [3.8, 4) is 0 Å². The summed E-state index contributed by atoms with van der Waals surface area (Å²) in [4.78, 5) is 33.0. The number of aromatic nitrogens is 2. The van der Waals surface area contributed by atoms with E-state index >= 15 is 0 Å². The molecule has 1 heterocycles. The van der Waals surface area contributed by atoms with Gasteiger partial charge in [0.15, 0.2) is 5.16 Å². The number of nitrogens with zero attached hydrogens (tertiary/aromatic N) is 2. The first kappa shape index (κ1) is 20.3. The van der Waals surface area contributed by atoms with Crippen LogP contribution in [0.2, 0.25) is 5.02 Å². The van der Waals surface area contributed by atoms with Gasteiger partial charge in [0.25, 0.3) is 11.8 Å². The van der Waals surface area contributed by atoms with Gasteiger partial charge in [-0.05, 0) is 45.8 Å². The Bertz CT molecular complexity index is 987. The van der Waals surface area contributed by atoms with Crippen LogP contribution < -0.4 is 10.9 Å². The molecule has 6 nitrogen and oxygen atoms in total. The fourth-order valence-corrected chi connectivity index (χ4v) is 3.42. The highest BCUT2D eigenvalue weighted by molar-refractivity contribution is 9.10. The topological polar surface area (TPSA) is 84.0 Å². The van der Waals surface area contributed by atoms with E-state index in [1.807, 2.05) is 30.3 Å². The third kappa shape index (κ3) is 5.54. The molecule has 0 radical (unpaired) electrons. The summed E-state index contributed by atoms with van der Waals surface area (Å²) in [5, 5.41) is 0.979. The van der Waals surface area contributed by atoms with Crippen LogP contribution in [0.25, 0.3) is 0 Å². The molecule has 0 bridgehead atoms. The minimum atomic E-state index is -0.557. The normalized spacial score (nSPS) is 10.4. The number of thioether (sulfide) groups is 1. The second kappa shape index (κ2) is 9.68. The van der Waals surface area contributed by atoms with Crippen molar-refractivity contribution in [1.29, 1.82) is 0 Å². The lowest BCUT2D eigenvalue weighted by Crippen LogP contribution is -2.42. The molecular weight excluding hydrogens is 464 g/mol. The maximum Gasteiger partial charge on any atom is 0.289 e. The molecular formula is C19H14BrClN4O2S. The quantitative estimate of drug-likeness (QED) is 0.326. The summed E-state index contributed by atoms with van der Waals surface area (Å²) in [5.74, 6) is -0.344. The van der Waals surface area contributed by atoms with Crippen molar-refractivity contribution in [2.75, 3.05) is 0 Å². The lowest BCUT2D eigenvalue weighted by Gasteiger charge is -2.09. The molecule has 2 aromatic carbocycles. The third-order valence-corrected chi connectivity index (χ3v) is 5.31. The van der Waals surface area contributed by atoms with Crippen LogP contribution >= 0.6 is 39.3 Å². The minimum absolute atomic E-state index is 0.127. The Morgan fingerprint density at radius 3 is 2.39 bits per heavy atom. The predicted molar refractivity (Wildman–Crippen MR) is 112 cm³/mol. The number of hydrogen-bond donors (Lipinski definition) is 2. The Kier molecular flexibility index (Phi) is 7.02. The number of hydrogen-bond acceptors (Lipinski definition) is 5. The van der Waals surface area contributed by atoms with Gasteiger partial charge in [-0.3, -0.25) is 20.4 Å². The molecule has 0 aliphatic heterocycles. The van der Waals surface area contributed by atoms with E-state index in [4.69, 9.17) is 11.6 Å². The smallest absolute Gasteiger partial charge is 0.267 e. The molecule has 28 heavy (non-hydrogen) atoms. The van der Waals surface area contributed by atoms with Crippen LogP contribution in [-0.2, 0) is 5.75 Å². The molecule has 1 aromatic heterocycles. The van der Waals surface area contributed by atoms with Gasteiger partial charge in [-0.1, -0.05) is 53.7 Å². The zero-order valence-electron chi connectivity index (χ0n) is 14.4. The van der Waals surface area contributed by atoms with Gasteiger partial charge in [-0.2, -0.15) is 0 Å². The van der Waals surface area contributed by atoms with E-state index < -0.39 is 11.8 Å². The van der Waals surface area contributed by atoms with Gasteiger partial charge < -0.3 is 0 Å². The van der Waals surface area contributed by atoms with Gasteiger partial charge in [0, 0.05) is 22.5 Å². The van der Waals surface area contributed by atoms with Crippen molar-refractivity contribution < 1.29 is 9.59 Å². The maximum atomic E-state index is 12.4. The summed E-state index contributed by atoms with van der Waals surface area (Å²) in [6.07, 6.45) is 1.51. The van der Waals surface area contributed by atoms with E-state index in [1.54, 1.807) is 24.3 Å². The molecule has 0 unspecified atom stereocenters. The van der Waals surface area contributed by atoms with Gasteiger partial charge in [0.2, 0.25) is 0 Å². The van der Waals surface area contributed by atoms with E-state index in [-0.39, 0.29) is 5.69 Å². The molecule has 9 heteroatoms. The van der Waals surface area contributed by atoms with E-state index in [1.165, 1.54) is 18.0 Å². The molecule has 0 aliphatic carbocycles. The molecule has 0 spiro atoms. The van der Waals surface area contributed by atoms with Gasteiger partial charge >= 0.3 is 0 Å². The largest absolute Gasteiger partial charge is 0.289 e. The Hall–Kier alpha value is -2.42. The molecule has 0 saturated heterocycles. The highest BCUT2D eigenvalue weighted by Crippen LogP contribution is 2.22. The summed E-state index contributed by atoms with van der Waals surface area (Å²) in [6, 6.07) is 16.2. The van der Waals surface area contributed by atoms with Crippen molar-refractivity contribution in [3.63, 3.8) is 0 Å². The third-order valence-electron chi connectivity index (χ3n) is 3.54. The number of carbonyl (C=O) groups excluding carboxylic acids is 2. The molecule has 2 N–H and O–H groups in total. The highest BCUT2D eigenvalue weighted by Gasteiger charge is 2.15. The van der Waals surface area contributed by atoms with Crippen molar-refractivity contribution in [2.24, 2.45) is 0 Å². The number of nitrogens with one attached hydrogen (secondary N) is 2. The summed E-state index contributed by atoms with van der Waals surface area (Å²) in [7, 11) is 0. The van der Waals surface area contributed by atoms with Gasteiger partial charge in [-0.25, -0.2) is 9.97 Å². The number of benzene rings is 2. The number of hydrazine groups is 1. The molecule has 3 rings (SSSR count). The van der Waals surface area contributed by atoms with Crippen LogP contribution in [0.1, 0.15) is 26.4 Å². The Balaban J connectivity index is 1.62. The Morgan fingerprint density at radius 2 is 1.68 bits per heavy atom. The van der Waals surface area contributed by atoms with Crippen LogP contribution in [0, 0.1) is 0 Å².